The molecule has 1 N–H and O–H groups in total. The van der Waals surface area contributed by atoms with E-state index in [9.17, 15) is 9.59 Å². The van der Waals surface area contributed by atoms with Crippen molar-refractivity contribution in [2.24, 2.45) is 17.3 Å². The fourth-order valence-electron chi connectivity index (χ4n) is 3.21. The van der Waals surface area contributed by atoms with Crippen LogP contribution in [0.4, 0.5) is 5.69 Å². The van der Waals surface area contributed by atoms with Gasteiger partial charge in [-0.25, -0.2) is 0 Å². The van der Waals surface area contributed by atoms with Crippen molar-refractivity contribution in [2.75, 3.05) is 5.32 Å². The topological polar surface area (TPSA) is 46.2 Å². The second-order valence-electron chi connectivity index (χ2n) is 6.54. The third kappa shape index (κ3) is 2.92. The highest BCUT2D eigenvalue weighted by Crippen LogP contribution is 2.53. The molecule has 20 heavy (non-hydrogen) atoms. The van der Waals surface area contributed by atoms with Crippen molar-refractivity contribution >= 4 is 17.4 Å². The predicted octanol–water partition coefficient (Wildman–Crippen LogP) is 3.57. The van der Waals surface area contributed by atoms with Crippen LogP contribution < -0.4 is 5.32 Å². The Morgan fingerprint density at radius 3 is 2.60 bits per heavy atom. The van der Waals surface area contributed by atoms with E-state index in [-0.39, 0.29) is 23.0 Å². The average molecular weight is 273 g/mol. The zero-order valence-electron chi connectivity index (χ0n) is 12.7. The minimum absolute atomic E-state index is 0.0377. The molecular formula is C17H23NO2. The fourth-order valence-corrected chi connectivity index (χ4v) is 3.21. The summed E-state index contributed by atoms with van der Waals surface area (Å²) in [7, 11) is 0. The van der Waals surface area contributed by atoms with Crippen LogP contribution in [0.3, 0.4) is 0 Å². The highest BCUT2D eigenvalue weighted by atomic mass is 16.1. The van der Waals surface area contributed by atoms with E-state index in [1.165, 1.54) is 0 Å². The molecule has 0 spiro atoms. The Hall–Kier alpha value is -1.64. The Kier molecular flexibility index (Phi) is 3.98. The second kappa shape index (κ2) is 5.39. The van der Waals surface area contributed by atoms with Crippen LogP contribution in [0.5, 0.6) is 0 Å². The summed E-state index contributed by atoms with van der Waals surface area (Å²) < 4.78 is 0. The van der Waals surface area contributed by atoms with Crippen LogP contribution in [-0.2, 0) is 9.59 Å². The molecule has 0 aromatic heterocycles. The molecule has 0 bridgehead atoms. The van der Waals surface area contributed by atoms with Crippen LogP contribution in [0.1, 0.15) is 39.2 Å². The van der Waals surface area contributed by atoms with E-state index >= 15 is 0 Å². The Morgan fingerprint density at radius 2 is 2.05 bits per heavy atom. The molecule has 3 heteroatoms. The first-order valence-corrected chi connectivity index (χ1v) is 7.17. The molecule has 0 unspecified atom stereocenters. The van der Waals surface area contributed by atoms with Gasteiger partial charge in [0.2, 0.25) is 5.91 Å². The highest BCUT2D eigenvalue weighted by Gasteiger charge is 2.50. The molecule has 0 heterocycles. The SMILES string of the molecule is CC(=O)[C@H]1C[C@@H](CC(=O)Nc2cccc(C)c2)C1(C)C. The van der Waals surface area contributed by atoms with Gasteiger partial charge in [0.15, 0.2) is 0 Å². The Balaban J connectivity index is 1.92. The third-order valence-corrected chi connectivity index (χ3v) is 4.69. The van der Waals surface area contributed by atoms with Gasteiger partial charge in [-0.1, -0.05) is 26.0 Å². The molecule has 108 valence electrons. The van der Waals surface area contributed by atoms with Gasteiger partial charge >= 0.3 is 0 Å². The molecule has 1 aliphatic carbocycles. The molecule has 1 fully saturated rings. The number of rotatable bonds is 4. The number of Topliss-reactive ketones (excluding diaryl/α,β-unsaturated/α-hetero) is 1. The van der Waals surface area contributed by atoms with E-state index in [0.717, 1.165) is 17.7 Å². The number of hydrogen-bond donors (Lipinski definition) is 1. The Bertz CT molecular complexity index is 534. The lowest BCUT2D eigenvalue weighted by molar-refractivity contribution is -0.139. The summed E-state index contributed by atoms with van der Waals surface area (Å²) in [6, 6.07) is 7.80. The Labute approximate surface area is 120 Å². The number of nitrogens with one attached hydrogen (secondary N) is 1. The van der Waals surface area contributed by atoms with Gasteiger partial charge in [-0.2, -0.15) is 0 Å². The molecule has 0 radical (unpaired) electrons. The van der Waals surface area contributed by atoms with Crippen LogP contribution in [-0.4, -0.2) is 11.7 Å². The predicted molar refractivity (Wildman–Crippen MR) is 80.5 cm³/mol. The lowest BCUT2D eigenvalue weighted by atomic mass is 9.52. The number of benzene rings is 1. The largest absolute Gasteiger partial charge is 0.326 e. The van der Waals surface area contributed by atoms with Crippen LogP contribution in [0.25, 0.3) is 0 Å². The lowest BCUT2D eigenvalue weighted by Gasteiger charge is -2.51. The summed E-state index contributed by atoms with van der Waals surface area (Å²) >= 11 is 0. The first kappa shape index (κ1) is 14.8. The fraction of sp³-hybridized carbons (Fsp3) is 0.529. The molecule has 1 aliphatic rings. The minimum Gasteiger partial charge on any atom is -0.326 e. The zero-order chi connectivity index (χ0) is 14.9. The summed E-state index contributed by atoms with van der Waals surface area (Å²) in [6.07, 6.45) is 1.33. The van der Waals surface area contributed by atoms with E-state index in [1.54, 1.807) is 6.92 Å². The standard InChI is InChI=1S/C17H23NO2/c1-11-6-5-7-14(8-11)18-16(20)10-13-9-15(12(2)19)17(13,3)4/h5-8,13,15H,9-10H2,1-4H3,(H,18,20)/t13-,15+/m0/s1. The molecule has 3 nitrogen and oxygen atoms in total. The maximum absolute atomic E-state index is 12.1. The van der Waals surface area contributed by atoms with Gasteiger partial charge in [-0.3, -0.25) is 9.59 Å². The maximum atomic E-state index is 12.1. The van der Waals surface area contributed by atoms with Gasteiger partial charge in [0.1, 0.15) is 5.78 Å². The van der Waals surface area contributed by atoms with E-state index < -0.39 is 0 Å². The van der Waals surface area contributed by atoms with Crippen molar-refractivity contribution in [3.8, 4) is 0 Å². The van der Waals surface area contributed by atoms with E-state index in [2.05, 4.69) is 19.2 Å². The smallest absolute Gasteiger partial charge is 0.224 e. The molecule has 2 rings (SSSR count). The van der Waals surface area contributed by atoms with Crippen molar-refractivity contribution in [3.63, 3.8) is 0 Å². The van der Waals surface area contributed by atoms with Crippen LogP contribution >= 0.6 is 0 Å². The van der Waals surface area contributed by atoms with Crippen LogP contribution in [0.15, 0.2) is 24.3 Å². The van der Waals surface area contributed by atoms with Crippen LogP contribution in [0, 0.1) is 24.2 Å². The average Bonchev–Trinajstić information content (AvgIpc) is 2.33. The second-order valence-corrected chi connectivity index (χ2v) is 6.54. The van der Waals surface area contributed by atoms with Crippen LogP contribution in [0.2, 0.25) is 0 Å². The molecular weight excluding hydrogens is 250 g/mol. The van der Waals surface area contributed by atoms with Gasteiger partial charge in [0.05, 0.1) is 0 Å². The lowest BCUT2D eigenvalue weighted by Crippen LogP contribution is -2.49. The molecule has 0 saturated heterocycles. The molecule has 1 aromatic rings. The number of hydrogen-bond acceptors (Lipinski definition) is 2. The summed E-state index contributed by atoms with van der Waals surface area (Å²) in [5.41, 5.74) is 1.91. The summed E-state index contributed by atoms with van der Waals surface area (Å²) in [6.45, 7) is 7.83. The number of anilines is 1. The van der Waals surface area contributed by atoms with Crippen molar-refractivity contribution in [1.29, 1.82) is 0 Å². The van der Waals surface area contributed by atoms with Gasteiger partial charge in [-0.05, 0) is 49.3 Å². The number of ketones is 1. The number of carbonyl (C=O) groups excluding carboxylic acids is 2. The zero-order valence-corrected chi connectivity index (χ0v) is 12.7. The van der Waals surface area contributed by atoms with Gasteiger partial charge < -0.3 is 5.32 Å². The molecule has 1 saturated carbocycles. The number of amides is 1. The van der Waals surface area contributed by atoms with E-state index in [4.69, 9.17) is 0 Å². The van der Waals surface area contributed by atoms with E-state index in [0.29, 0.717) is 12.3 Å². The maximum Gasteiger partial charge on any atom is 0.224 e. The van der Waals surface area contributed by atoms with Crippen molar-refractivity contribution < 1.29 is 9.59 Å². The number of carbonyl (C=O) groups is 2. The first-order chi connectivity index (χ1) is 9.30. The van der Waals surface area contributed by atoms with Gasteiger partial charge in [-0.15, -0.1) is 0 Å². The number of aryl methyl sites for hydroxylation is 1. The Morgan fingerprint density at radius 1 is 1.35 bits per heavy atom. The van der Waals surface area contributed by atoms with E-state index in [1.807, 2.05) is 31.2 Å². The van der Waals surface area contributed by atoms with Crippen molar-refractivity contribution in [1.82, 2.24) is 0 Å². The summed E-state index contributed by atoms with van der Waals surface area (Å²) in [5.74, 6) is 0.682. The normalized spacial score (nSPS) is 23.8. The quantitative estimate of drug-likeness (QED) is 0.911. The molecule has 1 amide bonds. The van der Waals surface area contributed by atoms with Crippen molar-refractivity contribution in [3.05, 3.63) is 29.8 Å². The first-order valence-electron chi connectivity index (χ1n) is 7.17. The molecule has 2 atom stereocenters. The van der Waals surface area contributed by atoms with Crippen molar-refractivity contribution in [2.45, 2.75) is 40.5 Å². The minimum atomic E-state index is -0.0597. The highest BCUT2D eigenvalue weighted by molar-refractivity contribution is 5.91. The molecule has 0 aliphatic heterocycles. The third-order valence-electron chi connectivity index (χ3n) is 4.69. The summed E-state index contributed by atoms with van der Waals surface area (Å²) in [5, 5.41) is 2.94. The molecule has 1 aromatic carbocycles. The monoisotopic (exact) mass is 273 g/mol. The van der Waals surface area contributed by atoms with Gasteiger partial charge in [0, 0.05) is 18.0 Å². The summed E-state index contributed by atoms with van der Waals surface area (Å²) in [4.78, 5) is 23.6. The van der Waals surface area contributed by atoms with Gasteiger partial charge in [0.25, 0.3) is 0 Å².